The molecule has 4 heteroatoms. The lowest BCUT2D eigenvalue weighted by atomic mass is 9.93. The van der Waals surface area contributed by atoms with Gasteiger partial charge in [0.2, 0.25) is 0 Å². The summed E-state index contributed by atoms with van der Waals surface area (Å²) in [5.41, 5.74) is 3.01. The second-order valence-corrected chi connectivity index (χ2v) is 8.75. The molecule has 4 aliphatic rings. The molecule has 180 valence electrons. The summed E-state index contributed by atoms with van der Waals surface area (Å²) >= 11 is 0. The molecule has 0 unspecified atom stereocenters. The van der Waals surface area contributed by atoms with E-state index >= 15 is 0 Å². The van der Waals surface area contributed by atoms with Crippen LogP contribution < -0.4 is 9.47 Å². The van der Waals surface area contributed by atoms with Crippen LogP contribution in [0.15, 0.2) is 72.8 Å². The van der Waals surface area contributed by atoms with Gasteiger partial charge in [-0.3, -0.25) is 4.79 Å². The van der Waals surface area contributed by atoms with Gasteiger partial charge in [-0.2, -0.15) is 0 Å². The number of carboxylic acids is 1. The first-order chi connectivity index (χ1) is 17.0. The van der Waals surface area contributed by atoms with E-state index in [1.807, 2.05) is 6.07 Å². The van der Waals surface area contributed by atoms with E-state index in [9.17, 15) is 4.79 Å². The lowest BCUT2D eigenvalue weighted by Gasteiger charge is -2.12. The number of methoxy groups -OCH3 is 2. The Bertz CT molecular complexity index is 1540. The summed E-state index contributed by atoms with van der Waals surface area (Å²) in [6.07, 6.45) is 5.11. The van der Waals surface area contributed by atoms with Crippen molar-refractivity contribution in [2.45, 2.75) is 39.0 Å². The van der Waals surface area contributed by atoms with Crippen LogP contribution in [0.2, 0.25) is 0 Å². The summed E-state index contributed by atoms with van der Waals surface area (Å²) in [7, 11) is 3.42. The fourth-order valence-electron chi connectivity index (χ4n) is 4.30. The molecule has 0 bridgehead atoms. The number of hydrogen-bond acceptors (Lipinski definition) is 3. The maximum atomic E-state index is 9.37. The van der Waals surface area contributed by atoms with Crippen molar-refractivity contribution < 1.29 is 19.4 Å². The highest BCUT2D eigenvalue weighted by atomic mass is 16.5. The number of hydrogen-bond donors (Lipinski definition) is 1. The molecule has 0 saturated carbocycles. The van der Waals surface area contributed by atoms with Crippen molar-refractivity contribution in [3.05, 3.63) is 105 Å². The second kappa shape index (κ2) is 11.1. The monoisotopic (exact) mass is 468 g/mol. The predicted octanol–water partition coefficient (Wildman–Crippen LogP) is 6.79. The van der Waals surface area contributed by atoms with E-state index in [1.54, 1.807) is 26.7 Å². The van der Waals surface area contributed by atoms with Crippen LogP contribution in [0.4, 0.5) is 0 Å². The van der Waals surface area contributed by atoms with E-state index < -0.39 is 5.97 Å². The lowest BCUT2D eigenvalue weighted by molar-refractivity contribution is -0.136. The predicted molar refractivity (Wildman–Crippen MR) is 140 cm³/mol. The molecule has 0 spiro atoms. The van der Waals surface area contributed by atoms with Crippen LogP contribution in [-0.2, 0) is 17.6 Å². The smallest absolute Gasteiger partial charge is 0.303 e. The van der Waals surface area contributed by atoms with Crippen LogP contribution in [0, 0.1) is 20.9 Å². The standard InChI is InChI=1S/C21H20O.C7H6O.C3H6O2/c1-22-19-10-12-20-15(7-4-8-17(20)14-19)5-2-3-6-16-13-18-9-11-21(16)18;1-8-7-4-5-2-3-6(5)7;1-2-3(4)5/h4,7-14H,2-3,5-6H2,1H3;2-4H,1H3;2H2,1H3,(H,4,5). The van der Waals surface area contributed by atoms with Gasteiger partial charge in [0.05, 0.1) is 14.2 Å². The van der Waals surface area contributed by atoms with Gasteiger partial charge in [-0.15, -0.1) is 0 Å². The highest BCUT2D eigenvalue weighted by Crippen LogP contribution is 2.26. The summed E-state index contributed by atoms with van der Waals surface area (Å²) in [5, 5.41) is 15.9. The van der Waals surface area contributed by atoms with Crippen molar-refractivity contribution in [1.82, 2.24) is 0 Å². The maximum Gasteiger partial charge on any atom is 0.303 e. The Morgan fingerprint density at radius 2 is 1.46 bits per heavy atom. The van der Waals surface area contributed by atoms with E-state index in [2.05, 4.69) is 66.7 Å². The van der Waals surface area contributed by atoms with Gasteiger partial charge in [-0.05, 0) is 81.4 Å². The average Bonchev–Trinajstić information content (AvgIpc) is 2.86. The van der Waals surface area contributed by atoms with E-state index in [-0.39, 0.29) is 6.42 Å². The van der Waals surface area contributed by atoms with Crippen molar-refractivity contribution in [1.29, 1.82) is 0 Å². The molecule has 0 aromatic heterocycles. The Balaban J connectivity index is 0.000000182. The fraction of sp³-hybridized carbons (Fsp3) is 0.258. The summed E-state index contributed by atoms with van der Waals surface area (Å²) in [5.74, 6) is 1.21. The van der Waals surface area contributed by atoms with Crippen molar-refractivity contribution in [2.75, 3.05) is 14.2 Å². The molecule has 0 amide bonds. The van der Waals surface area contributed by atoms with E-state index in [0.717, 1.165) is 17.9 Å². The fourth-order valence-corrected chi connectivity index (χ4v) is 4.30. The highest BCUT2D eigenvalue weighted by Gasteiger charge is 2.06. The Labute approximate surface area is 205 Å². The maximum absolute atomic E-state index is 9.37. The molecule has 0 radical (unpaired) electrons. The van der Waals surface area contributed by atoms with Crippen LogP contribution in [0.25, 0.3) is 10.8 Å². The Morgan fingerprint density at radius 1 is 0.771 bits per heavy atom. The number of benzene rings is 4. The molecular formula is C31H32O4. The minimum Gasteiger partial charge on any atom is -0.497 e. The minimum atomic E-state index is -0.745. The summed E-state index contributed by atoms with van der Waals surface area (Å²) in [6.45, 7) is 1.60. The minimum absolute atomic E-state index is 0.222. The van der Waals surface area contributed by atoms with Gasteiger partial charge >= 0.3 is 5.97 Å². The Hall–Kier alpha value is -3.79. The molecule has 0 heterocycles. The number of carbonyl (C=O) groups is 1. The third-order valence-corrected chi connectivity index (χ3v) is 6.55. The molecular weight excluding hydrogens is 436 g/mol. The third-order valence-electron chi connectivity index (χ3n) is 6.55. The van der Waals surface area contributed by atoms with E-state index in [4.69, 9.17) is 14.6 Å². The molecule has 0 atom stereocenters. The van der Waals surface area contributed by atoms with Crippen LogP contribution in [0.1, 0.15) is 37.3 Å². The van der Waals surface area contributed by atoms with Crippen molar-refractivity contribution >= 4 is 16.7 Å². The zero-order chi connectivity index (χ0) is 24.8. The summed E-state index contributed by atoms with van der Waals surface area (Å²) in [4.78, 5) is 9.37. The van der Waals surface area contributed by atoms with Crippen LogP contribution in [0.5, 0.6) is 11.5 Å². The van der Waals surface area contributed by atoms with Gasteiger partial charge in [0, 0.05) is 11.6 Å². The number of unbranched alkanes of at least 4 members (excludes halogenated alkanes) is 1. The number of carboxylic acid groups (broad SMARTS) is 1. The number of aliphatic carboxylic acids is 1. The first kappa shape index (κ1) is 24.3. The highest BCUT2D eigenvalue weighted by molar-refractivity contribution is 5.87. The van der Waals surface area contributed by atoms with Gasteiger partial charge in [-0.25, -0.2) is 0 Å². The van der Waals surface area contributed by atoms with E-state index in [0.29, 0.717) is 0 Å². The molecule has 0 aliphatic heterocycles. The number of ether oxygens (including phenoxy) is 2. The first-order valence-electron chi connectivity index (χ1n) is 12.1. The van der Waals surface area contributed by atoms with Crippen molar-refractivity contribution in [2.24, 2.45) is 0 Å². The third kappa shape index (κ3) is 5.48. The topological polar surface area (TPSA) is 55.8 Å². The molecule has 2 aromatic rings. The van der Waals surface area contributed by atoms with Gasteiger partial charge < -0.3 is 14.6 Å². The Morgan fingerprint density at radius 3 is 1.91 bits per heavy atom. The molecule has 0 saturated heterocycles. The zero-order valence-corrected chi connectivity index (χ0v) is 20.6. The lowest BCUT2D eigenvalue weighted by Crippen LogP contribution is -1.98. The molecule has 2 aromatic carbocycles. The van der Waals surface area contributed by atoms with Gasteiger partial charge in [0.1, 0.15) is 11.5 Å². The summed E-state index contributed by atoms with van der Waals surface area (Å²) < 4.78 is 10.3. The van der Waals surface area contributed by atoms with Gasteiger partial charge in [0.15, 0.2) is 0 Å². The molecule has 4 nitrogen and oxygen atoms in total. The quantitative estimate of drug-likeness (QED) is 0.250. The SMILES string of the molecule is CCC(=O)O.COc1cc2ccc1=2.COc1ccc2c(CCCCc3cc4ccc3=4)cccc2c1. The van der Waals surface area contributed by atoms with Crippen LogP contribution >= 0.6 is 0 Å². The van der Waals surface area contributed by atoms with E-state index in [1.165, 1.54) is 56.5 Å². The molecule has 1 N–H and O–H groups in total. The average molecular weight is 469 g/mol. The zero-order valence-electron chi connectivity index (χ0n) is 20.6. The summed E-state index contributed by atoms with van der Waals surface area (Å²) in [6, 6.07) is 25.9. The molecule has 6 rings (SSSR count). The van der Waals surface area contributed by atoms with Gasteiger partial charge in [-0.1, -0.05) is 61.5 Å². The molecule has 0 fully saturated rings. The molecule has 35 heavy (non-hydrogen) atoms. The number of fused-ring (bicyclic) bond motifs is 1. The largest absolute Gasteiger partial charge is 0.497 e. The van der Waals surface area contributed by atoms with Crippen molar-refractivity contribution in [3.8, 4) is 11.5 Å². The van der Waals surface area contributed by atoms with Gasteiger partial charge in [0.25, 0.3) is 0 Å². The number of rotatable bonds is 8. The van der Waals surface area contributed by atoms with Crippen molar-refractivity contribution in [3.63, 3.8) is 0 Å². The second-order valence-electron chi connectivity index (χ2n) is 8.75. The van der Waals surface area contributed by atoms with Crippen LogP contribution in [-0.4, -0.2) is 25.3 Å². The van der Waals surface area contributed by atoms with Crippen LogP contribution in [0.3, 0.4) is 0 Å². The first-order valence-corrected chi connectivity index (χ1v) is 12.1. The Kier molecular flexibility index (Phi) is 7.71. The normalized spacial score (nSPS) is 10.9. The number of aryl methyl sites for hydroxylation is 2. The molecule has 4 aliphatic carbocycles.